The van der Waals surface area contributed by atoms with Gasteiger partial charge in [0.25, 0.3) is 5.91 Å². The van der Waals surface area contributed by atoms with Crippen LogP contribution in [0.1, 0.15) is 40.4 Å². The fourth-order valence-electron chi connectivity index (χ4n) is 2.89. The number of nitrogens with one attached hydrogen (secondary N) is 3. The predicted molar refractivity (Wildman–Crippen MR) is 119 cm³/mol. The Morgan fingerprint density at radius 3 is 2.69 bits per heavy atom. The van der Waals surface area contributed by atoms with Gasteiger partial charge in [0, 0.05) is 38.3 Å². The summed E-state index contributed by atoms with van der Waals surface area (Å²) < 4.78 is 5.88. The molecule has 0 bridgehead atoms. The second-order valence-electron chi connectivity index (χ2n) is 6.84. The number of hydrogen-bond acceptors (Lipinski definition) is 3. The van der Waals surface area contributed by atoms with Crippen LogP contribution in [0.25, 0.3) is 0 Å². The van der Waals surface area contributed by atoms with Crippen molar-refractivity contribution in [3.8, 4) is 5.75 Å². The molecule has 2 aromatic carbocycles. The molecule has 0 aliphatic rings. The van der Waals surface area contributed by atoms with Gasteiger partial charge >= 0.3 is 0 Å². The van der Waals surface area contributed by atoms with E-state index in [1.807, 2.05) is 24.3 Å². The third-order valence-electron chi connectivity index (χ3n) is 4.48. The normalized spacial score (nSPS) is 11.1. The molecule has 156 valence electrons. The predicted octanol–water partition coefficient (Wildman–Crippen LogP) is 3.05. The minimum atomic E-state index is -0.0727. The zero-order valence-electron chi connectivity index (χ0n) is 17.8. The molecule has 2 aromatic rings. The van der Waals surface area contributed by atoms with E-state index in [0.717, 1.165) is 35.7 Å². The van der Waals surface area contributed by atoms with Gasteiger partial charge in [-0.25, -0.2) is 0 Å². The highest BCUT2D eigenvalue weighted by Crippen LogP contribution is 2.20. The lowest BCUT2D eigenvalue weighted by Crippen LogP contribution is -2.38. The number of aryl methyl sites for hydroxylation is 1. The molecule has 6 heteroatoms. The maximum absolute atomic E-state index is 11.8. The molecule has 0 heterocycles. The van der Waals surface area contributed by atoms with Crippen LogP contribution in [-0.2, 0) is 13.0 Å². The van der Waals surface area contributed by atoms with Crippen LogP contribution < -0.4 is 20.7 Å². The van der Waals surface area contributed by atoms with E-state index in [2.05, 4.69) is 53.0 Å². The first-order valence-electron chi connectivity index (χ1n) is 10.0. The summed E-state index contributed by atoms with van der Waals surface area (Å²) in [5.74, 6) is 1.58. The summed E-state index contributed by atoms with van der Waals surface area (Å²) in [6.07, 6.45) is 1.77. The van der Waals surface area contributed by atoms with Gasteiger partial charge in [-0.1, -0.05) is 31.2 Å². The zero-order valence-corrected chi connectivity index (χ0v) is 17.8. The van der Waals surface area contributed by atoms with E-state index in [0.29, 0.717) is 25.3 Å². The van der Waals surface area contributed by atoms with Gasteiger partial charge in [0.05, 0.1) is 6.61 Å². The average Bonchev–Trinajstić information content (AvgIpc) is 2.75. The fraction of sp³-hybridized carbons (Fsp3) is 0.391. The van der Waals surface area contributed by atoms with E-state index in [1.165, 1.54) is 5.56 Å². The molecule has 6 nitrogen and oxygen atoms in total. The number of carbonyl (C=O) groups is 1. The summed E-state index contributed by atoms with van der Waals surface area (Å²) in [6, 6.07) is 13.9. The second-order valence-corrected chi connectivity index (χ2v) is 6.84. The number of amides is 1. The molecule has 2 rings (SSSR count). The van der Waals surface area contributed by atoms with Gasteiger partial charge in [0.2, 0.25) is 0 Å². The van der Waals surface area contributed by atoms with Gasteiger partial charge in [0.1, 0.15) is 5.75 Å². The van der Waals surface area contributed by atoms with Gasteiger partial charge in [-0.3, -0.25) is 9.79 Å². The summed E-state index contributed by atoms with van der Waals surface area (Å²) in [5.41, 5.74) is 4.06. The zero-order chi connectivity index (χ0) is 21.1. The Balaban J connectivity index is 1.88. The van der Waals surface area contributed by atoms with Gasteiger partial charge in [-0.2, -0.15) is 0 Å². The van der Waals surface area contributed by atoms with Crippen LogP contribution in [0.4, 0.5) is 0 Å². The quantitative estimate of drug-likeness (QED) is 0.450. The lowest BCUT2D eigenvalue weighted by Gasteiger charge is -2.15. The molecule has 1 amide bonds. The van der Waals surface area contributed by atoms with Gasteiger partial charge in [0.15, 0.2) is 5.96 Å². The molecule has 0 saturated heterocycles. The molecule has 0 saturated carbocycles. The lowest BCUT2D eigenvalue weighted by atomic mass is 10.1. The van der Waals surface area contributed by atoms with Crippen LogP contribution in [0.5, 0.6) is 5.75 Å². The number of rotatable bonds is 9. The van der Waals surface area contributed by atoms with E-state index in [9.17, 15) is 4.79 Å². The van der Waals surface area contributed by atoms with Crippen molar-refractivity contribution in [3.05, 3.63) is 64.7 Å². The van der Waals surface area contributed by atoms with Crippen LogP contribution in [0.3, 0.4) is 0 Å². The number of carbonyl (C=O) groups excluding carboxylic acids is 1. The van der Waals surface area contributed by atoms with Crippen LogP contribution in [0.15, 0.2) is 47.5 Å². The maximum Gasteiger partial charge on any atom is 0.251 e. The molecule has 0 fully saturated rings. The second kappa shape index (κ2) is 11.7. The largest absolute Gasteiger partial charge is 0.493 e. The standard InChI is InChI=1S/C23H32N4O2/c1-5-13-29-21-14-17(2)9-10-20(21)16-27-23(25-4)26-12-11-18-7-6-8-19(15-18)22(28)24-3/h6-10,14-15H,5,11-13,16H2,1-4H3,(H,24,28)(H2,25,26,27). The van der Waals surface area contributed by atoms with Gasteiger partial charge in [-0.05, 0) is 49.1 Å². The Morgan fingerprint density at radius 2 is 1.97 bits per heavy atom. The summed E-state index contributed by atoms with van der Waals surface area (Å²) in [7, 11) is 3.39. The molecule has 0 spiro atoms. The summed E-state index contributed by atoms with van der Waals surface area (Å²) in [4.78, 5) is 16.1. The first kappa shape index (κ1) is 22.3. The monoisotopic (exact) mass is 396 g/mol. The van der Waals surface area contributed by atoms with Crippen LogP contribution in [0, 0.1) is 6.92 Å². The number of hydrogen-bond donors (Lipinski definition) is 3. The van der Waals surface area contributed by atoms with Crippen LogP contribution >= 0.6 is 0 Å². The average molecular weight is 397 g/mol. The van der Waals surface area contributed by atoms with E-state index in [1.54, 1.807) is 14.1 Å². The van der Waals surface area contributed by atoms with Gasteiger partial charge < -0.3 is 20.7 Å². The highest BCUT2D eigenvalue weighted by molar-refractivity contribution is 5.94. The number of nitrogens with zero attached hydrogens (tertiary/aromatic N) is 1. The van der Waals surface area contributed by atoms with Crippen molar-refractivity contribution in [2.24, 2.45) is 4.99 Å². The molecular formula is C23H32N4O2. The third kappa shape index (κ3) is 7.14. The molecular weight excluding hydrogens is 364 g/mol. The highest BCUT2D eigenvalue weighted by atomic mass is 16.5. The molecule has 0 radical (unpaired) electrons. The first-order chi connectivity index (χ1) is 14.1. The Hall–Kier alpha value is -3.02. The molecule has 0 aliphatic heterocycles. The summed E-state index contributed by atoms with van der Waals surface area (Å²) in [6.45, 7) is 6.22. The summed E-state index contributed by atoms with van der Waals surface area (Å²) >= 11 is 0. The van der Waals surface area contributed by atoms with Crippen molar-refractivity contribution < 1.29 is 9.53 Å². The SMILES string of the molecule is CCCOc1cc(C)ccc1CNC(=NC)NCCc1cccc(C(=O)NC)c1. The molecule has 0 aliphatic carbocycles. The molecule has 0 unspecified atom stereocenters. The smallest absolute Gasteiger partial charge is 0.251 e. The first-order valence-corrected chi connectivity index (χ1v) is 10.0. The highest BCUT2D eigenvalue weighted by Gasteiger charge is 2.07. The molecule has 0 atom stereocenters. The number of benzene rings is 2. The molecule has 0 aromatic heterocycles. The van der Waals surface area contributed by atoms with Crippen molar-refractivity contribution in [2.45, 2.75) is 33.2 Å². The van der Waals surface area contributed by atoms with E-state index in [4.69, 9.17) is 4.74 Å². The van der Waals surface area contributed by atoms with Crippen LogP contribution in [0.2, 0.25) is 0 Å². The Morgan fingerprint density at radius 1 is 1.14 bits per heavy atom. The topological polar surface area (TPSA) is 74.8 Å². The Bertz CT molecular complexity index is 833. The number of guanidine groups is 1. The molecule has 3 N–H and O–H groups in total. The third-order valence-corrected chi connectivity index (χ3v) is 4.48. The fourth-order valence-corrected chi connectivity index (χ4v) is 2.89. The van der Waals surface area contributed by atoms with Crippen molar-refractivity contribution >= 4 is 11.9 Å². The minimum absolute atomic E-state index is 0.0727. The van der Waals surface area contributed by atoms with Crippen molar-refractivity contribution in [2.75, 3.05) is 27.2 Å². The number of aliphatic imine (C=N–C) groups is 1. The lowest BCUT2D eigenvalue weighted by molar-refractivity contribution is 0.0963. The van der Waals surface area contributed by atoms with Crippen molar-refractivity contribution in [1.82, 2.24) is 16.0 Å². The Kier molecular flexibility index (Phi) is 9.02. The van der Waals surface area contributed by atoms with Crippen LogP contribution in [-0.4, -0.2) is 39.1 Å². The van der Waals surface area contributed by atoms with Crippen molar-refractivity contribution in [1.29, 1.82) is 0 Å². The van der Waals surface area contributed by atoms with Crippen molar-refractivity contribution in [3.63, 3.8) is 0 Å². The van der Waals surface area contributed by atoms with Gasteiger partial charge in [-0.15, -0.1) is 0 Å². The maximum atomic E-state index is 11.8. The Labute approximate surface area is 173 Å². The number of ether oxygens (including phenoxy) is 1. The van der Waals surface area contributed by atoms with E-state index in [-0.39, 0.29) is 5.91 Å². The van der Waals surface area contributed by atoms with E-state index >= 15 is 0 Å². The van der Waals surface area contributed by atoms with E-state index < -0.39 is 0 Å². The molecule has 29 heavy (non-hydrogen) atoms. The summed E-state index contributed by atoms with van der Waals surface area (Å²) in [5, 5.41) is 9.32. The minimum Gasteiger partial charge on any atom is -0.493 e.